The van der Waals surface area contributed by atoms with E-state index in [2.05, 4.69) is 29.3 Å². The molecular formula is C18H19Cl2N2. The monoisotopic (exact) mass is 333 g/mol. The van der Waals surface area contributed by atoms with Gasteiger partial charge in [-0.3, -0.25) is 0 Å². The highest BCUT2D eigenvalue weighted by atomic mass is 35.5. The summed E-state index contributed by atoms with van der Waals surface area (Å²) in [6.07, 6.45) is 0.940. The van der Waals surface area contributed by atoms with Gasteiger partial charge in [0.2, 0.25) is 0 Å². The van der Waals surface area contributed by atoms with Crippen LogP contribution in [0.15, 0.2) is 42.5 Å². The van der Waals surface area contributed by atoms with Crippen molar-refractivity contribution in [2.45, 2.75) is 12.5 Å². The van der Waals surface area contributed by atoms with Gasteiger partial charge in [-0.1, -0.05) is 41.4 Å². The zero-order valence-electron chi connectivity index (χ0n) is 12.4. The second-order valence-corrected chi connectivity index (χ2v) is 6.51. The first-order chi connectivity index (χ1) is 10.6. The molecule has 1 unspecified atom stereocenters. The summed E-state index contributed by atoms with van der Waals surface area (Å²) in [5, 5.41) is 5.02. The molecule has 0 spiro atoms. The molecule has 1 radical (unpaired) electrons. The number of nitrogens with zero attached hydrogens (tertiary/aromatic N) is 1. The molecule has 22 heavy (non-hydrogen) atoms. The summed E-state index contributed by atoms with van der Waals surface area (Å²) >= 11 is 12.5. The topological polar surface area (TPSA) is 15.3 Å². The maximum absolute atomic E-state index is 6.43. The fraction of sp³-hybridized carbons (Fsp3) is 0.278. The van der Waals surface area contributed by atoms with Crippen LogP contribution in [-0.4, -0.2) is 25.7 Å². The van der Waals surface area contributed by atoms with Gasteiger partial charge in [-0.2, -0.15) is 0 Å². The lowest BCUT2D eigenvalue weighted by Gasteiger charge is -2.38. The average molecular weight is 334 g/mol. The number of halogens is 2. The van der Waals surface area contributed by atoms with E-state index >= 15 is 0 Å². The number of rotatable bonds is 3. The summed E-state index contributed by atoms with van der Waals surface area (Å²) in [7, 11) is 0. The first kappa shape index (κ1) is 15.7. The standard InChI is InChI=1S/C18H19Cl2N2/c1-13-5-6-18(17(20)9-13)22-8-7-21-12-16(22)11-14-3-2-4-15(19)10-14/h2-6,9-10,16,21H,1,7-8,11-12H2. The molecule has 1 atom stereocenters. The molecule has 2 aromatic rings. The molecule has 1 fully saturated rings. The molecule has 2 aromatic carbocycles. The molecule has 0 aliphatic carbocycles. The molecule has 1 heterocycles. The van der Waals surface area contributed by atoms with Gasteiger partial charge in [0, 0.05) is 30.7 Å². The van der Waals surface area contributed by atoms with E-state index in [1.54, 1.807) is 0 Å². The fourth-order valence-corrected chi connectivity index (χ4v) is 3.50. The van der Waals surface area contributed by atoms with Crippen LogP contribution in [0.3, 0.4) is 0 Å². The van der Waals surface area contributed by atoms with Crippen molar-refractivity contribution in [3.8, 4) is 0 Å². The Morgan fingerprint density at radius 2 is 2.05 bits per heavy atom. The largest absolute Gasteiger partial charge is 0.364 e. The van der Waals surface area contributed by atoms with Gasteiger partial charge >= 0.3 is 0 Å². The van der Waals surface area contributed by atoms with Crippen LogP contribution in [0.2, 0.25) is 10.0 Å². The van der Waals surface area contributed by atoms with E-state index in [9.17, 15) is 0 Å². The van der Waals surface area contributed by atoms with Crippen molar-refractivity contribution in [1.82, 2.24) is 5.32 Å². The molecular weight excluding hydrogens is 315 g/mol. The zero-order valence-corrected chi connectivity index (χ0v) is 13.9. The lowest BCUT2D eigenvalue weighted by atomic mass is 10.0. The van der Waals surface area contributed by atoms with E-state index in [0.717, 1.165) is 47.4 Å². The summed E-state index contributed by atoms with van der Waals surface area (Å²) in [5.74, 6) is 0. The molecule has 1 N–H and O–H groups in total. The minimum atomic E-state index is 0.361. The van der Waals surface area contributed by atoms with Crippen LogP contribution in [0.4, 0.5) is 5.69 Å². The molecule has 4 heteroatoms. The summed E-state index contributed by atoms with van der Waals surface area (Å²) in [6.45, 7) is 6.79. The third-order valence-electron chi connectivity index (χ3n) is 4.03. The summed E-state index contributed by atoms with van der Waals surface area (Å²) in [4.78, 5) is 2.39. The predicted molar refractivity (Wildman–Crippen MR) is 95.1 cm³/mol. The molecule has 1 aliphatic rings. The molecule has 2 nitrogen and oxygen atoms in total. The summed E-state index contributed by atoms with van der Waals surface area (Å²) in [5.41, 5.74) is 3.27. The van der Waals surface area contributed by atoms with Crippen LogP contribution in [0.1, 0.15) is 11.1 Å². The molecule has 115 valence electrons. The maximum atomic E-state index is 6.43. The van der Waals surface area contributed by atoms with Gasteiger partial charge in [0.1, 0.15) is 0 Å². The van der Waals surface area contributed by atoms with Crippen molar-refractivity contribution in [3.63, 3.8) is 0 Å². The van der Waals surface area contributed by atoms with Crippen LogP contribution >= 0.6 is 23.2 Å². The smallest absolute Gasteiger partial charge is 0.0642 e. The molecule has 0 bridgehead atoms. The Morgan fingerprint density at radius 3 is 2.82 bits per heavy atom. The number of hydrogen-bond acceptors (Lipinski definition) is 2. The van der Waals surface area contributed by atoms with E-state index in [1.165, 1.54) is 5.56 Å². The van der Waals surface area contributed by atoms with E-state index in [1.807, 2.05) is 30.3 Å². The van der Waals surface area contributed by atoms with Gasteiger partial charge in [-0.05, 0) is 48.7 Å². The second kappa shape index (κ2) is 6.91. The molecule has 0 amide bonds. The van der Waals surface area contributed by atoms with Crippen molar-refractivity contribution in [3.05, 3.63) is 70.6 Å². The van der Waals surface area contributed by atoms with Crippen LogP contribution < -0.4 is 10.2 Å². The van der Waals surface area contributed by atoms with Crippen molar-refractivity contribution in [2.24, 2.45) is 0 Å². The van der Waals surface area contributed by atoms with Gasteiger partial charge in [0.05, 0.1) is 10.7 Å². The van der Waals surface area contributed by atoms with Crippen LogP contribution in [0, 0.1) is 6.92 Å². The lowest BCUT2D eigenvalue weighted by Crippen LogP contribution is -2.52. The molecule has 3 rings (SSSR count). The van der Waals surface area contributed by atoms with Crippen LogP contribution in [-0.2, 0) is 6.42 Å². The normalized spacial score (nSPS) is 18.5. The third-order valence-corrected chi connectivity index (χ3v) is 4.57. The van der Waals surface area contributed by atoms with Crippen molar-refractivity contribution >= 4 is 28.9 Å². The Morgan fingerprint density at radius 1 is 1.18 bits per heavy atom. The fourth-order valence-electron chi connectivity index (χ4n) is 2.98. The summed E-state index contributed by atoms with van der Waals surface area (Å²) in [6, 6.07) is 14.4. The number of hydrogen-bond donors (Lipinski definition) is 1. The first-order valence-electron chi connectivity index (χ1n) is 7.47. The van der Waals surface area contributed by atoms with Gasteiger partial charge in [-0.25, -0.2) is 0 Å². The van der Waals surface area contributed by atoms with Crippen LogP contribution in [0.25, 0.3) is 0 Å². The Labute approximate surface area is 142 Å². The zero-order chi connectivity index (χ0) is 15.5. The molecule has 1 aliphatic heterocycles. The Balaban J connectivity index is 1.84. The van der Waals surface area contributed by atoms with Gasteiger partial charge in [0.15, 0.2) is 0 Å². The summed E-state index contributed by atoms with van der Waals surface area (Å²) < 4.78 is 0. The Kier molecular flexibility index (Phi) is 4.92. The third kappa shape index (κ3) is 3.57. The highest BCUT2D eigenvalue weighted by Crippen LogP contribution is 2.30. The van der Waals surface area contributed by atoms with E-state index in [0.29, 0.717) is 6.04 Å². The minimum Gasteiger partial charge on any atom is -0.364 e. The van der Waals surface area contributed by atoms with Crippen LogP contribution in [0.5, 0.6) is 0 Å². The highest BCUT2D eigenvalue weighted by Gasteiger charge is 2.24. The van der Waals surface area contributed by atoms with Crippen molar-refractivity contribution in [2.75, 3.05) is 24.5 Å². The van der Waals surface area contributed by atoms with Crippen molar-refractivity contribution in [1.29, 1.82) is 0 Å². The average Bonchev–Trinajstić information content (AvgIpc) is 2.48. The number of benzene rings is 2. The number of anilines is 1. The molecule has 0 aromatic heterocycles. The Hall–Kier alpha value is -1.22. The highest BCUT2D eigenvalue weighted by molar-refractivity contribution is 6.33. The van der Waals surface area contributed by atoms with Crippen molar-refractivity contribution < 1.29 is 0 Å². The number of piperazine rings is 1. The molecule has 1 saturated heterocycles. The van der Waals surface area contributed by atoms with Gasteiger partial charge in [0.25, 0.3) is 0 Å². The minimum absolute atomic E-state index is 0.361. The SMILES string of the molecule is [CH2]c1ccc(N2CCNCC2Cc2cccc(Cl)c2)c(Cl)c1. The van der Waals surface area contributed by atoms with Gasteiger partial charge < -0.3 is 10.2 Å². The number of nitrogens with one attached hydrogen (secondary N) is 1. The van der Waals surface area contributed by atoms with Gasteiger partial charge in [-0.15, -0.1) is 0 Å². The van der Waals surface area contributed by atoms with E-state index in [4.69, 9.17) is 23.2 Å². The lowest BCUT2D eigenvalue weighted by molar-refractivity contribution is 0.473. The van der Waals surface area contributed by atoms with E-state index < -0.39 is 0 Å². The first-order valence-corrected chi connectivity index (χ1v) is 8.22. The maximum Gasteiger partial charge on any atom is 0.0642 e. The molecule has 0 saturated carbocycles. The predicted octanol–water partition coefficient (Wildman–Crippen LogP) is 4.20. The second-order valence-electron chi connectivity index (χ2n) is 5.67. The van der Waals surface area contributed by atoms with E-state index in [-0.39, 0.29) is 0 Å². The quantitative estimate of drug-likeness (QED) is 0.905. The Bertz CT molecular complexity index is 657.